The van der Waals surface area contributed by atoms with Gasteiger partial charge < -0.3 is 9.88 Å². The Morgan fingerprint density at radius 3 is 2.79 bits per heavy atom. The number of carbonyl (C=O) groups is 1. The van der Waals surface area contributed by atoms with Crippen molar-refractivity contribution in [3.63, 3.8) is 0 Å². The van der Waals surface area contributed by atoms with Crippen molar-refractivity contribution in [3.05, 3.63) is 71.2 Å². The number of carbonyl (C=O) groups excluding carboxylic acids is 1. The Hall–Kier alpha value is -3.21. The minimum Gasteiger partial charge on any atom is -0.342 e. The highest BCUT2D eigenvalue weighted by Gasteiger charge is 2.28. The first-order chi connectivity index (χ1) is 14.1. The number of hydrogen-bond donors (Lipinski definition) is 1. The molecule has 0 aliphatic carbocycles. The number of rotatable bonds is 2. The molecule has 1 aliphatic heterocycles. The van der Waals surface area contributed by atoms with E-state index in [4.69, 9.17) is 9.97 Å². The smallest absolute Gasteiger partial charge is 0.255 e. The largest absolute Gasteiger partial charge is 0.342 e. The number of amides is 1. The van der Waals surface area contributed by atoms with Gasteiger partial charge in [0.2, 0.25) is 0 Å². The average molecular weight is 384 g/mol. The van der Waals surface area contributed by atoms with Gasteiger partial charge in [-0.3, -0.25) is 9.78 Å². The molecule has 3 heterocycles. The number of H-pyrrole nitrogens is 1. The van der Waals surface area contributed by atoms with Gasteiger partial charge in [0.15, 0.2) is 0 Å². The van der Waals surface area contributed by atoms with E-state index < -0.39 is 0 Å². The Morgan fingerprint density at radius 2 is 1.93 bits per heavy atom. The summed E-state index contributed by atoms with van der Waals surface area (Å²) in [5, 5.41) is 1.01. The molecule has 1 N–H and O–H groups in total. The minimum atomic E-state index is 0.0679. The normalized spacial score (nSPS) is 17.2. The first-order valence-electron chi connectivity index (χ1n) is 10.2. The summed E-state index contributed by atoms with van der Waals surface area (Å²) in [5.41, 5.74) is 5.64. The van der Waals surface area contributed by atoms with Crippen LogP contribution in [0.25, 0.3) is 21.9 Å². The molecule has 146 valence electrons. The summed E-state index contributed by atoms with van der Waals surface area (Å²) >= 11 is 0. The predicted molar refractivity (Wildman–Crippen MR) is 115 cm³/mol. The van der Waals surface area contributed by atoms with Crippen molar-refractivity contribution in [3.8, 4) is 0 Å². The number of aromatic amines is 1. The van der Waals surface area contributed by atoms with E-state index in [9.17, 15) is 4.79 Å². The Bertz CT molecular complexity index is 1190. The summed E-state index contributed by atoms with van der Waals surface area (Å²) in [6.45, 7) is 5.45. The number of piperidine rings is 1. The summed E-state index contributed by atoms with van der Waals surface area (Å²) in [4.78, 5) is 28.2. The van der Waals surface area contributed by atoms with Crippen LogP contribution in [0.15, 0.2) is 48.5 Å². The SMILES string of the molecule is Cc1ccc2cc(C(=O)N3CCCC(c4nc5ccccc5[nH]4)C3)c(C)nc2c1. The molecule has 5 rings (SSSR count). The fraction of sp³-hybridized carbons (Fsp3) is 0.292. The standard InChI is InChI=1S/C24H24N4O/c1-15-9-10-17-13-19(16(2)25-22(17)12-15)24(29)28-11-5-6-18(14-28)23-26-20-7-3-4-8-21(20)27-23/h3-4,7-10,12-13,18H,5-6,11,14H2,1-2H3,(H,26,27). The number of aryl methyl sites for hydroxylation is 2. The number of likely N-dealkylation sites (tertiary alicyclic amines) is 1. The van der Waals surface area contributed by atoms with Crippen LogP contribution in [0.2, 0.25) is 0 Å². The first-order valence-corrected chi connectivity index (χ1v) is 10.2. The fourth-order valence-corrected chi connectivity index (χ4v) is 4.31. The van der Waals surface area contributed by atoms with Gasteiger partial charge >= 0.3 is 0 Å². The molecule has 1 amide bonds. The first kappa shape index (κ1) is 17.9. The molecule has 1 unspecified atom stereocenters. The molecule has 1 atom stereocenters. The number of hydrogen-bond acceptors (Lipinski definition) is 3. The molecule has 29 heavy (non-hydrogen) atoms. The molecule has 1 aliphatic rings. The monoisotopic (exact) mass is 384 g/mol. The molecule has 1 fully saturated rings. The van der Waals surface area contributed by atoms with E-state index in [0.717, 1.165) is 52.8 Å². The summed E-state index contributed by atoms with van der Waals surface area (Å²) in [5.74, 6) is 1.28. The maximum atomic E-state index is 13.3. The van der Waals surface area contributed by atoms with Crippen molar-refractivity contribution >= 4 is 27.8 Å². The number of nitrogens with one attached hydrogen (secondary N) is 1. The Morgan fingerprint density at radius 1 is 1.07 bits per heavy atom. The average Bonchev–Trinajstić information content (AvgIpc) is 3.17. The van der Waals surface area contributed by atoms with E-state index in [0.29, 0.717) is 12.1 Å². The van der Waals surface area contributed by atoms with Gasteiger partial charge in [-0.1, -0.05) is 24.3 Å². The molecule has 0 bridgehead atoms. The highest BCUT2D eigenvalue weighted by Crippen LogP contribution is 2.28. The van der Waals surface area contributed by atoms with Crippen LogP contribution in [0.1, 0.15) is 46.2 Å². The third-order valence-corrected chi connectivity index (χ3v) is 5.90. The van der Waals surface area contributed by atoms with E-state index in [1.807, 2.05) is 48.2 Å². The Kier molecular flexibility index (Phi) is 4.31. The molecular formula is C24H24N4O. The van der Waals surface area contributed by atoms with Crippen LogP contribution in [-0.4, -0.2) is 38.8 Å². The lowest BCUT2D eigenvalue weighted by Gasteiger charge is -2.32. The quantitative estimate of drug-likeness (QED) is 0.543. The van der Waals surface area contributed by atoms with Crippen LogP contribution < -0.4 is 0 Å². The molecular weight excluding hydrogens is 360 g/mol. The second kappa shape index (κ2) is 6.99. The van der Waals surface area contributed by atoms with Crippen LogP contribution >= 0.6 is 0 Å². The van der Waals surface area contributed by atoms with Crippen LogP contribution in [0.4, 0.5) is 0 Å². The van der Waals surface area contributed by atoms with Gasteiger partial charge in [0.1, 0.15) is 5.82 Å². The summed E-state index contributed by atoms with van der Waals surface area (Å²) < 4.78 is 0. The van der Waals surface area contributed by atoms with Gasteiger partial charge in [-0.15, -0.1) is 0 Å². The highest BCUT2D eigenvalue weighted by molar-refractivity contribution is 5.98. The molecule has 1 saturated heterocycles. The molecule has 2 aromatic heterocycles. The third-order valence-electron chi connectivity index (χ3n) is 5.90. The number of pyridine rings is 1. The maximum Gasteiger partial charge on any atom is 0.255 e. The van der Waals surface area contributed by atoms with E-state index in [-0.39, 0.29) is 11.8 Å². The molecule has 2 aromatic carbocycles. The Labute approximate surface area is 169 Å². The van der Waals surface area contributed by atoms with Crippen molar-refractivity contribution < 1.29 is 4.79 Å². The van der Waals surface area contributed by atoms with Gasteiger partial charge in [-0.25, -0.2) is 4.98 Å². The van der Waals surface area contributed by atoms with Gasteiger partial charge in [-0.05, 0) is 56.5 Å². The number of imidazole rings is 1. The number of benzene rings is 2. The zero-order valence-electron chi connectivity index (χ0n) is 16.8. The van der Waals surface area contributed by atoms with Gasteiger partial charge in [0.25, 0.3) is 5.91 Å². The van der Waals surface area contributed by atoms with Crippen LogP contribution in [-0.2, 0) is 0 Å². The van der Waals surface area contributed by atoms with E-state index in [1.54, 1.807) is 0 Å². The second-order valence-corrected chi connectivity index (χ2v) is 8.05. The van der Waals surface area contributed by atoms with E-state index in [1.165, 1.54) is 5.56 Å². The second-order valence-electron chi connectivity index (χ2n) is 8.05. The maximum absolute atomic E-state index is 13.3. The predicted octanol–water partition coefficient (Wildman–Crippen LogP) is 4.75. The summed E-state index contributed by atoms with van der Waals surface area (Å²) in [6.07, 6.45) is 2.02. The van der Waals surface area contributed by atoms with Crippen molar-refractivity contribution in [2.75, 3.05) is 13.1 Å². The fourth-order valence-electron chi connectivity index (χ4n) is 4.31. The third kappa shape index (κ3) is 3.27. The van der Waals surface area contributed by atoms with Crippen LogP contribution in [0.5, 0.6) is 0 Å². The van der Waals surface area contributed by atoms with Crippen LogP contribution in [0.3, 0.4) is 0 Å². The number of aromatic nitrogens is 3. The van der Waals surface area contributed by atoms with E-state index in [2.05, 4.69) is 24.0 Å². The number of para-hydroxylation sites is 2. The lowest BCUT2D eigenvalue weighted by molar-refractivity contribution is 0.0704. The van der Waals surface area contributed by atoms with Gasteiger partial charge in [-0.2, -0.15) is 0 Å². The zero-order chi connectivity index (χ0) is 20.0. The molecule has 5 nitrogen and oxygen atoms in total. The lowest BCUT2D eigenvalue weighted by atomic mass is 9.96. The van der Waals surface area contributed by atoms with Crippen molar-refractivity contribution in [2.24, 2.45) is 0 Å². The summed E-state index contributed by atoms with van der Waals surface area (Å²) in [7, 11) is 0. The molecule has 0 radical (unpaired) electrons. The van der Waals surface area contributed by atoms with Crippen molar-refractivity contribution in [1.29, 1.82) is 0 Å². The molecule has 4 aromatic rings. The Balaban J connectivity index is 1.43. The van der Waals surface area contributed by atoms with Crippen LogP contribution in [0, 0.1) is 13.8 Å². The van der Waals surface area contributed by atoms with Gasteiger partial charge in [0.05, 0.1) is 27.8 Å². The number of fused-ring (bicyclic) bond motifs is 2. The number of nitrogens with zero attached hydrogens (tertiary/aromatic N) is 3. The van der Waals surface area contributed by atoms with Gasteiger partial charge in [0, 0.05) is 24.4 Å². The van der Waals surface area contributed by atoms with Crippen molar-refractivity contribution in [2.45, 2.75) is 32.6 Å². The molecule has 5 heteroatoms. The topological polar surface area (TPSA) is 61.9 Å². The molecule has 0 spiro atoms. The lowest BCUT2D eigenvalue weighted by Crippen LogP contribution is -2.39. The molecule has 0 saturated carbocycles. The van der Waals surface area contributed by atoms with Crippen molar-refractivity contribution in [1.82, 2.24) is 19.9 Å². The van der Waals surface area contributed by atoms with E-state index >= 15 is 0 Å². The zero-order valence-corrected chi connectivity index (χ0v) is 16.8. The minimum absolute atomic E-state index is 0.0679. The highest BCUT2D eigenvalue weighted by atomic mass is 16.2. The summed E-state index contributed by atoms with van der Waals surface area (Å²) in [6, 6.07) is 16.2.